The van der Waals surface area contributed by atoms with Gasteiger partial charge in [0.2, 0.25) is 0 Å². The molecule has 0 aromatic heterocycles. The van der Waals surface area contributed by atoms with Crippen LogP contribution in [0.1, 0.15) is 29.2 Å². The van der Waals surface area contributed by atoms with Gasteiger partial charge in [-0.05, 0) is 73.9 Å². The normalized spacial score (nSPS) is 16.7. The number of rotatable bonds is 7. The number of aryl methyl sites for hydroxylation is 2. The summed E-state index contributed by atoms with van der Waals surface area (Å²) in [4.78, 5) is 4.46. The molecular weight excluding hydrogens is 337 g/mol. The maximum atomic E-state index is 6.26. The number of hydrogen-bond acceptors (Lipinski definition) is 3. The van der Waals surface area contributed by atoms with Gasteiger partial charge in [0, 0.05) is 25.0 Å². The molecule has 3 rings (SSSR count). The van der Waals surface area contributed by atoms with Crippen LogP contribution in [0.15, 0.2) is 41.4 Å². The van der Waals surface area contributed by atoms with Crippen LogP contribution in [-0.2, 0) is 12.8 Å². The number of nitrogens with two attached hydrogens (primary N) is 1. The minimum Gasteiger partial charge on any atom is -0.398 e. The lowest BCUT2D eigenvalue weighted by molar-refractivity contribution is 0.903. The Labute approximate surface area is 158 Å². The van der Waals surface area contributed by atoms with E-state index in [1.165, 1.54) is 41.5 Å². The lowest BCUT2D eigenvalue weighted by atomic mass is 9.99. The lowest BCUT2D eigenvalue weighted by Crippen LogP contribution is -2.03. The van der Waals surface area contributed by atoms with E-state index in [1.807, 2.05) is 13.1 Å². The zero-order valence-electron chi connectivity index (χ0n) is 16.2. The first-order valence-electron chi connectivity index (χ1n) is 9.30. The summed E-state index contributed by atoms with van der Waals surface area (Å²) in [5.41, 5.74) is 13.2. The van der Waals surface area contributed by atoms with Crippen molar-refractivity contribution in [1.82, 2.24) is 4.67 Å². The molecule has 0 aliphatic carbocycles. The van der Waals surface area contributed by atoms with Gasteiger partial charge < -0.3 is 5.73 Å². The van der Waals surface area contributed by atoms with Crippen LogP contribution in [-0.4, -0.2) is 43.1 Å². The monoisotopic (exact) mass is 367 g/mol. The van der Waals surface area contributed by atoms with Crippen LogP contribution in [0.25, 0.3) is 0 Å². The fourth-order valence-electron chi connectivity index (χ4n) is 3.27. The van der Waals surface area contributed by atoms with Gasteiger partial charge in [-0.2, -0.15) is 0 Å². The van der Waals surface area contributed by atoms with E-state index >= 15 is 0 Å². The van der Waals surface area contributed by atoms with E-state index in [-0.39, 0.29) is 0 Å². The SMILES string of the molecule is C=P(C)(CCc1ccc(N)c(Cc2ccc(C)c(/N=C\C)c2)c1)N1CC1. The summed E-state index contributed by atoms with van der Waals surface area (Å²) in [6.07, 6.45) is 9.43. The largest absolute Gasteiger partial charge is 0.398 e. The average molecular weight is 367 g/mol. The summed E-state index contributed by atoms with van der Waals surface area (Å²) in [5.74, 6) is 0. The van der Waals surface area contributed by atoms with Crippen LogP contribution in [0.3, 0.4) is 0 Å². The number of aliphatic imine (C=N–C) groups is 1. The maximum Gasteiger partial charge on any atom is 0.0657 e. The highest BCUT2D eigenvalue weighted by atomic mass is 31.2. The Bertz CT molecular complexity index is 866. The molecule has 3 nitrogen and oxygen atoms in total. The molecule has 2 aromatic rings. The Kier molecular flexibility index (Phi) is 5.70. The molecule has 0 bridgehead atoms. The molecule has 2 aromatic carbocycles. The van der Waals surface area contributed by atoms with Crippen LogP contribution < -0.4 is 5.73 Å². The Morgan fingerprint density at radius 3 is 2.62 bits per heavy atom. The summed E-state index contributed by atoms with van der Waals surface area (Å²) >= 11 is 0. The molecule has 1 atom stereocenters. The van der Waals surface area contributed by atoms with Gasteiger partial charge in [0.15, 0.2) is 0 Å². The molecule has 1 fully saturated rings. The quantitative estimate of drug-likeness (QED) is 0.332. The van der Waals surface area contributed by atoms with Gasteiger partial charge in [-0.15, -0.1) is 0 Å². The highest BCUT2D eigenvalue weighted by Gasteiger charge is 2.27. The Morgan fingerprint density at radius 2 is 1.92 bits per heavy atom. The van der Waals surface area contributed by atoms with Crippen LogP contribution in [0.5, 0.6) is 0 Å². The fraction of sp³-hybridized carbons (Fsp3) is 0.364. The predicted molar refractivity (Wildman–Crippen MR) is 119 cm³/mol. The molecule has 2 N–H and O–H groups in total. The van der Waals surface area contributed by atoms with Crippen molar-refractivity contribution in [3.05, 3.63) is 58.7 Å². The molecule has 1 aliphatic heterocycles. The summed E-state index contributed by atoms with van der Waals surface area (Å²) in [6, 6.07) is 13.0. The first-order valence-corrected chi connectivity index (χ1v) is 11.9. The highest BCUT2D eigenvalue weighted by Crippen LogP contribution is 2.49. The lowest BCUT2D eigenvalue weighted by Gasteiger charge is -2.20. The molecular formula is C22H30N3P. The van der Waals surface area contributed by atoms with Gasteiger partial charge in [0.25, 0.3) is 0 Å². The number of benzene rings is 2. The summed E-state index contributed by atoms with van der Waals surface area (Å²) in [6.45, 7) is 8.86. The van der Waals surface area contributed by atoms with Gasteiger partial charge in [-0.25, -0.2) is 0 Å². The van der Waals surface area contributed by atoms with Crippen LogP contribution in [0, 0.1) is 6.92 Å². The predicted octanol–water partition coefficient (Wildman–Crippen LogP) is 4.74. The highest BCUT2D eigenvalue weighted by molar-refractivity contribution is 7.71. The van der Waals surface area contributed by atoms with Crippen molar-refractivity contribution in [3.63, 3.8) is 0 Å². The van der Waals surface area contributed by atoms with Gasteiger partial charge in [-0.3, -0.25) is 9.66 Å². The number of anilines is 1. The van der Waals surface area contributed by atoms with Crippen LogP contribution >= 0.6 is 7.04 Å². The van der Waals surface area contributed by atoms with E-state index in [9.17, 15) is 0 Å². The number of nitrogens with zero attached hydrogens (tertiary/aromatic N) is 2. The van der Waals surface area contributed by atoms with Crippen molar-refractivity contribution >= 4 is 30.9 Å². The molecule has 1 unspecified atom stereocenters. The van der Waals surface area contributed by atoms with Crippen molar-refractivity contribution in [2.45, 2.75) is 26.7 Å². The van der Waals surface area contributed by atoms with E-state index in [2.05, 4.69) is 65.9 Å². The second-order valence-corrected chi connectivity index (χ2v) is 11.2. The summed E-state index contributed by atoms with van der Waals surface area (Å²) in [7, 11) is -1.15. The van der Waals surface area contributed by atoms with E-state index in [0.29, 0.717) is 0 Å². The van der Waals surface area contributed by atoms with Gasteiger partial charge in [0.1, 0.15) is 0 Å². The molecule has 0 saturated carbocycles. The second-order valence-electron chi connectivity index (χ2n) is 7.48. The maximum absolute atomic E-state index is 6.26. The third-order valence-electron chi connectivity index (χ3n) is 5.13. The van der Waals surface area contributed by atoms with Gasteiger partial charge in [0.05, 0.1) is 5.69 Å². The van der Waals surface area contributed by atoms with Gasteiger partial charge >= 0.3 is 0 Å². The van der Waals surface area contributed by atoms with Crippen molar-refractivity contribution < 1.29 is 0 Å². The minimum atomic E-state index is -1.15. The number of hydrogen-bond donors (Lipinski definition) is 1. The topological polar surface area (TPSA) is 41.4 Å². The fourth-order valence-corrected chi connectivity index (χ4v) is 5.35. The summed E-state index contributed by atoms with van der Waals surface area (Å²) in [5, 5.41) is 0. The molecule has 0 amide bonds. The van der Waals surface area contributed by atoms with Crippen molar-refractivity contribution in [2.24, 2.45) is 4.99 Å². The average Bonchev–Trinajstić information content (AvgIpc) is 3.44. The van der Waals surface area contributed by atoms with Gasteiger partial charge in [-0.1, -0.05) is 37.6 Å². The Balaban J connectivity index is 1.75. The van der Waals surface area contributed by atoms with E-state index in [4.69, 9.17) is 5.73 Å². The summed E-state index contributed by atoms with van der Waals surface area (Å²) < 4.78 is 2.54. The first-order chi connectivity index (χ1) is 12.4. The molecule has 4 heteroatoms. The van der Waals surface area contributed by atoms with Crippen LogP contribution in [0.2, 0.25) is 0 Å². The molecule has 1 saturated heterocycles. The standard InChI is InChI=1S/C22H30N3P/c1-5-24-22-16-19(7-6-17(22)2)15-20-14-18(8-9-21(20)23)10-13-26(3,4)25-11-12-25/h5-9,14,16H,3,10-13,15,23H2,1-2,4H3/b24-5-. The van der Waals surface area contributed by atoms with Crippen molar-refractivity contribution in [1.29, 1.82) is 0 Å². The molecule has 26 heavy (non-hydrogen) atoms. The molecule has 0 radical (unpaired) electrons. The van der Waals surface area contributed by atoms with E-state index in [1.54, 1.807) is 0 Å². The Morgan fingerprint density at radius 1 is 1.19 bits per heavy atom. The molecule has 0 spiro atoms. The third kappa shape index (κ3) is 4.66. The van der Waals surface area contributed by atoms with Crippen molar-refractivity contribution in [2.75, 3.05) is 31.6 Å². The third-order valence-corrected chi connectivity index (χ3v) is 8.09. The van der Waals surface area contributed by atoms with Crippen molar-refractivity contribution in [3.8, 4) is 0 Å². The minimum absolute atomic E-state index is 0.842. The second kappa shape index (κ2) is 7.82. The van der Waals surface area contributed by atoms with E-state index in [0.717, 1.165) is 24.2 Å². The first kappa shape index (κ1) is 18.9. The molecule has 1 aliphatic rings. The smallest absolute Gasteiger partial charge is 0.0657 e. The van der Waals surface area contributed by atoms with Crippen LogP contribution in [0.4, 0.5) is 11.4 Å². The number of nitrogen functional groups attached to an aromatic ring is 1. The zero-order chi connectivity index (χ0) is 18.7. The zero-order valence-corrected chi connectivity index (χ0v) is 17.1. The molecule has 138 valence electrons. The van der Waals surface area contributed by atoms with E-state index < -0.39 is 7.04 Å². The molecule has 1 heterocycles. The Hall–Kier alpha value is -1.83.